The molecule has 2 aromatic rings. The summed E-state index contributed by atoms with van der Waals surface area (Å²) < 4.78 is 15.0. The number of unbranched alkanes of at least 4 members (excludes halogenated alkanes) is 1. The number of hydrogen-bond donors (Lipinski definition) is 2. The van der Waals surface area contributed by atoms with Crippen molar-refractivity contribution >= 4 is 29.2 Å². The van der Waals surface area contributed by atoms with E-state index in [-0.39, 0.29) is 23.8 Å². The number of carbonyl (C=O) groups is 1. The van der Waals surface area contributed by atoms with Crippen LogP contribution in [0.15, 0.2) is 38.8 Å². The zero-order valence-corrected chi connectivity index (χ0v) is 16.1. The van der Waals surface area contributed by atoms with Gasteiger partial charge < -0.3 is 10.6 Å². The number of halogens is 1. The standard InChI is InChI=1S/C18H23FN4O3S/c1-3-5-10-23-16(20)15(17(25)21-18(23)26)22(4-2)14(24)11-27-13-9-7-6-8-12(13)19/h6-9H,3-5,10-11,20H2,1-2H3,(H,21,25,26). The van der Waals surface area contributed by atoms with Crippen molar-refractivity contribution < 1.29 is 9.18 Å². The fourth-order valence-electron chi connectivity index (χ4n) is 2.61. The Morgan fingerprint density at radius 2 is 2.00 bits per heavy atom. The van der Waals surface area contributed by atoms with Crippen LogP contribution in [0, 0.1) is 5.82 Å². The molecule has 0 unspecified atom stereocenters. The van der Waals surface area contributed by atoms with Gasteiger partial charge in [-0.3, -0.25) is 19.1 Å². The van der Waals surface area contributed by atoms with E-state index in [1.165, 1.54) is 15.5 Å². The van der Waals surface area contributed by atoms with E-state index in [1.807, 2.05) is 6.92 Å². The van der Waals surface area contributed by atoms with Crippen LogP contribution in [0.25, 0.3) is 0 Å². The van der Waals surface area contributed by atoms with E-state index in [2.05, 4.69) is 4.98 Å². The Morgan fingerprint density at radius 3 is 2.63 bits per heavy atom. The summed E-state index contributed by atoms with van der Waals surface area (Å²) in [7, 11) is 0. The van der Waals surface area contributed by atoms with Gasteiger partial charge >= 0.3 is 5.69 Å². The number of thioether (sulfide) groups is 1. The third kappa shape index (κ3) is 4.79. The summed E-state index contributed by atoms with van der Waals surface area (Å²) in [6, 6.07) is 6.14. The molecule has 0 aliphatic carbocycles. The van der Waals surface area contributed by atoms with Crippen LogP contribution in [0.1, 0.15) is 26.7 Å². The molecule has 1 heterocycles. The fraction of sp³-hybridized carbons (Fsp3) is 0.389. The zero-order chi connectivity index (χ0) is 20.0. The molecule has 0 aliphatic rings. The maximum Gasteiger partial charge on any atom is 0.330 e. The Hall–Kier alpha value is -2.55. The van der Waals surface area contributed by atoms with E-state index in [1.54, 1.807) is 25.1 Å². The predicted octanol–water partition coefficient (Wildman–Crippen LogP) is 2.20. The molecule has 0 aliphatic heterocycles. The van der Waals surface area contributed by atoms with E-state index < -0.39 is 23.0 Å². The van der Waals surface area contributed by atoms with Crippen LogP contribution in [0.5, 0.6) is 0 Å². The average Bonchev–Trinajstić information content (AvgIpc) is 2.64. The molecule has 9 heteroatoms. The van der Waals surface area contributed by atoms with E-state index in [4.69, 9.17) is 5.73 Å². The molecule has 0 saturated heterocycles. The van der Waals surface area contributed by atoms with Crippen LogP contribution in [-0.2, 0) is 11.3 Å². The smallest absolute Gasteiger partial charge is 0.330 e. The monoisotopic (exact) mass is 394 g/mol. The second-order valence-electron chi connectivity index (χ2n) is 5.86. The lowest BCUT2D eigenvalue weighted by Crippen LogP contribution is -2.41. The van der Waals surface area contributed by atoms with Crippen molar-refractivity contribution in [1.29, 1.82) is 0 Å². The first-order valence-corrected chi connectivity index (χ1v) is 9.69. The fourth-order valence-corrected chi connectivity index (χ4v) is 3.43. The topological polar surface area (TPSA) is 101 Å². The van der Waals surface area contributed by atoms with Crippen molar-refractivity contribution in [2.45, 2.75) is 38.1 Å². The molecule has 0 fully saturated rings. The van der Waals surface area contributed by atoms with Gasteiger partial charge in [0.1, 0.15) is 11.6 Å². The van der Waals surface area contributed by atoms with E-state index in [9.17, 15) is 18.8 Å². The van der Waals surface area contributed by atoms with Crippen molar-refractivity contribution in [3.8, 4) is 0 Å². The highest BCUT2D eigenvalue weighted by atomic mass is 32.2. The van der Waals surface area contributed by atoms with Crippen molar-refractivity contribution in [3.05, 3.63) is 50.9 Å². The minimum absolute atomic E-state index is 0.0386. The summed E-state index contributed by atoms with van der Waals surface area (Å²) in [4.78, 5) is 40.8. The Morgan fingerprint density at radius 1 is 1.30 bits per heavy atom. The number of aromatic amines is 1. The summed E-state index contributed by atoms with van der Waals surface area (Å²) in [5.41, 5.74) is 4.70. The molecule has 0 atom stereocenters. The maximum absolute atomic E-state index is 13.7. The maximum atomic E-state index is 13.7. The van der Waals surface area contributed by atoms with Gasteiger partial charge in [-0.25, -0.2) is 9.18 Å². The van der Waals surface area contributed by atoms with Crippen molar-refractivity contribution in [2.24, 2.45) is 0 Å². The van der Waals surface area contributed by atoms with E-state index in [0.29, 0.717) is 17.9 Å². The third-order valence-corrected chi connectivity index (χ3v) is 5.06. The molecule has 1 aromatic carbocycles. The van der Waals surface area contributed by atoms with Crippen LogP contribution in [0.3, 0.4) is 0 Å². The van der Waals surface area contributed by atoms with Gasteiger partial charge in [-0.05, 0) is 25.5 Å². The summed E-state index contributed by atoms with van der Waals surface area (Å²) in [5.74, 6) is -0.919. The molecule has 3 N–H and O–H groups in total. The number of rotatable bonds is 8. The lowest BCUT2D eigenvalue weighted by Gasteiger charge is -2.23. The highest BCUT2D eigenvalue weighted by Crippen LogP contribution is 2.23. The second-order valence-corrected chi connectivity index (χ2v) is 6.87. The molecule has 0 bridgehead atoms. The molecule has 1 aromatic heterocycles. The summed E-state index contributed by atoms with van der Waals surface area (Å²) in [6.45, 7) is 4.21. The lowest BCUT2D eigenvalue weighted by atomic mass is 10.3. The number of carbonyl (C=O) groups excluding carboxylic acids is 1. The number of aromatic nitrogens is 2. The average molecular weight is 394 g/mol. The van der Waals surface area contributed by atoms with Gasteiger partial charge in [0.15, 0.2) is 5.69 Å². The summed E-state index contributed by atoms with van der Waals surface area (Å²) in [6.07, 6.45) is 1.55. The first kappa shape index (κ1) is 20.8. The van der Waals surface area contributed by atoms with Gasteiger partial charge in [0.05, 0.1) is 5.75 Å². The molecular weight excluding hydrogens is 371 g/mol. The summed E-state index contributed by atoms with van der Waals surface area (Å²) >= 11 is 1.04. The Balaban J connectivity index is 2.30. The second kappa shape index (κ2) is 9.40. The van der Waals surface area contributed by atoms with Crippen molar-refractivity contribution in [2.75, 3.05) is 22.9 Å². The van der Waals surface area contributed by atoms with Gasteiger partial charge in [0.25, 0.3) is 5.56 Å². The molecular formula is C18H23FN4O3S. The lowest BCUT2D eigenvalue weighted by molar-refractivity contribution is -0.116. The number of anilines is 2. The number of nitrogens with two attached hydrogens (primary N) is 1. The molecule has 0 saturated carbocycles. The molecule has 146 valence electrons. The number of benzene rings is 1. The zero-order valence-electron chi connectivity index (χ0n) is 15.3. The van der Waals surface area contributed by atoms with Gasteiger partial charge in [-0.15, -0.1) is 11.8 Å². The number of nitrogen functional groups attached to an aromatic ring is 1. The van der Waals surface area contributed by atoms with Crippen LogP contribution in [0.4, 0.5) is 15.9 Å². The molecule has 27 heavy (non-hydrogen) atoms. The molecule has 7 nitrogen and oxygen atoms in total. The predicted molar refractivity (Wildman–Crippen MR) is 106 cm³/mol. The van der Waals surface area contributed by atoms with Gasteiger partial charge in [0.2, 0.25) is 5.91 Å². The minimum atomic E-state index is -0.712. The first-order valence-electron chi connectivity index (χ1n) is 8.70. The van der Waals surface area contributed by atoms with Crippen LogP contribution >= 0.6 is 11.8 Å². The van der Waals surface area contributed by atoms with Crippen LogP contribution < -0.4 is 21.9 Å². The quantitative estimate of drug-likeness (QED) is 0.669. The van der Waals surface area contributed by atoms with E-state index in [0.717, 1.165) is 18.2 Å². The summed E-state index contributed by atoms with van der Waals surface area (Å²) in [5, 5.41) is 0. The molecule has 2 rings (SSSR count). The van der Waals surface area contributed by atoms with Crippen LogP contribution in [0.2, 0.25) is 0 Å². The Labute approximate surface area is 160 Å². The van der Waals surface area contributed by atoms with Gasteiger partial charge in [-0.1, -0.05) is 25.5 Å². The van der Waals surface area contributed by atoms with Crippen molar-refractivity contribution in [1.82, 2.24) is 9.55 Å². The SMILES string of the molecule is CCCCn1c(N)c(N(CC)C(=O)CSc2ccccc2F)c(=O)[nH]c1=O. The Kier molecular flexibility index (Phi) is 7.23. The van der Waals surface area contributed by atoms with Gasteiger partial charge in [-0.2, -0.15) is 0 Å². The third-order valence-electron chi connectivity index (χ3n) is 4.02. The number of nitrogens with one attached hydrogen (secondary N) is 1. The Bertz CT molecular complexity index is 926. The van der Waals surface area contributed by atoms with Gasteiger partial charge in [0, 0.05) is 18.0 Å². The number of H-pyrrole nitrogens is 1. The largest absolute Gasteiger partial charge is 0.383 e. The highest BCUT2D eigenvalue weighted by Gasteiger charge is 2.23. The number of amides is 1. The molecule has 0 radical (unpaired) electrons. The normalized spacial score (nSPS) is 10.8. The van der Waals surface area contributed by atoms with Crippen molar-refractivity contribution in [3.63, 3.8) is 0 Å². The number of nitrogens with zero attached hydrogens (tertiary/aromatic N) is 2. The number of hydrogen-bond acceptors (Lipinski definition) is 5. The molecule has 1 amide bonds. The highest BCUT2D eigenvalue weighted by molar-refractivity contribution is 8.00. The van der Waals surface area contributed by atoms with Crippen LogP contribution in [-0.4, -0.2) is 27.8 Å². The molecule has 0 spiro atoms. The van der Waals surface area contributed by atoms with E-state index >= 15 is 0 Å². The minimum Gasteiger partial charge on any atom is -0.383 e. The first-order chi connectivity index (χ1) is 12.9.